The van der Waals surface area contributed by atoms with Crippen molar-refractivity contribution < 1.29 is 19.0 Å². The van der Waals surface area contributed by atoms with Crippen molar-refractivity contribution in [2.24, 2.45) is 5.92 Å². The average Bonchev–Trinajstić information content (AvgIpc) is 3.39. The minimum Gasteiger partial charge on any atom is -0.480 e. The summed E-state index contributed by atoms with van der Waals surface area (Å²) in [6, 6.07) is 10.1. The molecule has 3 aromatic rings. The van der Waals surface area contributed by atoms with Crippen molar-refractivity contribution in [3.63, 3.8) is 0 Å². The van der Waals surface area contributed by atoms with Crippen LogP contribution in [0.2, 0.25) is 0 Å². The molecule has 1 fully saturated rings. The van der Waals surface area contributed by atoms with Crippen molar-refractivity contribution in [2.75, 3.05) is 38.1 Å². The lowest BCUT2D eigenvalue weighted by atomic mass is 9.98. The molecule has 9 nitrogen and oxygen atoms in total. The van der Waals surface area contributed by atoms with E-state index in [2.05, 4.69) is 20.5 Å². The number of hydrogen-bond donors (Lipinski definition) is 3. The number of aliphatic hydroxyl groups excluding tert-OH is 1. The second-order valence-corrected chi connectivity index (χ2v) is 9.54. The van der Waals surface area contributed by atoms with Crippen molar-refractivity contribution >= 4 is 22.6 Å². The fraction of sp³-hybridized carbons (Fsp3) is 0.400. The Balaban J connectivity index is 1.08. The molecular formula is C25H26FN5O4. The minimum atomic E-state index is -0.501. The summed E-state index contributed by atoms with van der Waals surface area (Å²) in [5, 5.41) is 17.6. The van der Waals surface area contributed by atoms with Crippen LogP contribution in [-0.4, -0.2) is 64.4 Å². The number of nitrogens with one attached hydrogen (secondary N) is 2. The molecule has 0 saturated carbocycles. The van der Waals surface area contributed by atoms with E-state index in [9.17, 15) is 19.1 Å². The van der Waals surface area contributed by atoms with Crippen molar-refractivity contribution in [1.29, 1.82) is 0 Å². The fourth-order valence-electron chi connectivity index (χ4n) is 5.52. The summed E-state index contributed by atoms with van der Waals surface area (Å²) >= 11 is 0. The molecule has 2 unspecified atom stereocenters. The Kier molecular flexibility index (Phi) is 5.51. The summed E-state index contributed by atoms with van der Waals surface area (Å²) in [7, 11) is 0. The van der Waals surface area contributed by atoms with E-state index in [4.69, 9.17) is 4.74 Å². The molecule has 5 heterocycles. The lowest BCUT2D eigenvalue weighted by Crippen LogP contribution is -2.31. The van der Waals surface area contributed by atoms with Gasteiger partial charge in [0.05, 0.1) is 17.3 Å². The third kappa shape index (κ3) is 4.07. The molecule has 3 aliphatic rings. The average molecular weight is 480 g/mol. The van der Waals surface area contributed by atoms with Crippen molar-refractivity contribution in [2.45, 2.75) is 25.1 Å². The van der Waals surface area contributed by atoms with E-state index in [-0.39, 0.29) is 35.7 Å². The Morgan fingerprint density at radius 1 is 1.14 bits per heavy atom. The zero-order chi connectivity index (χ0) is 24.1. The van der Waals surface area contributed by atoms with Crippen LogP contribution in [0.15, 0.2) is 41.2 Å². The number of ether oxygens (including phenoxy) is 1. The number of aromatic nitrogens is 2. The maximum absolute atomic E-state index is 14.8. The van der Waals surface area contributed by atoms with E-state index in [0.29, 0.717) is 61.9 Å². The summed E-state index contributed by atoms with van der Waals surface area (Å²) in [5.41, 5.74) is 1.94. The Labute approximate surface area is 200 Å². The normalized spacial score (nSPS) is 23.4. The molecule has 182 valence electrons. The summed E-state index contributed by atoms with van der Waals surface area (Å²) < 4.78 is 21.8. The van der Waals surface area contributed by atoms with Gasteiger partial charge in [-0.3, -0.25) is 14.5 Å². The largest absolute Gasteiger partial charge is 0.480 e. The highest BCUT2D eigenvalue weighted by molar-refractivity contribution is 5.94. The summed E-state index contributed by atoms with van der Waals surface area (Å²) in [6.07, 6.45) is -0.501. The quantitative estimate of drug-likeness (QED) is 0.485. The Morgan fingerprint density at radius 3 is 2.89 bits per heavy atom. The van der Waals surface area contributed by atoms with E-state index in [0.717, 1.165) is 11.1 Å². The Bertz CT molecular complexity index is 1380. The highest BCUT2D eigenvalue weighted by Gasteiger charge is 2.35. The lowest BCUT2D eigenvalue weighted by Gasteiger charge is -2.21. The van der Waals surface area contributed by atoms with Crippen LogP contribution in [0.5, 0.6) is 5.75 Å². The number of nitrogens with zero attached hydrogens (tertiary/aromatic N) is 3. The van der Waals surface area contributed by atoms with E-state index >= 15 is 0 Å². The van der Waals surface area contributed by atoms with Crippen molar-refractivity contribution in [1.82, 2.24) is 19.8 Å². The minimum absolute atomic E-state index is 0.00613. The van der Waals surface area contributed by atoms with Gasteiger partial charge in [-0.25, -0.2) is 9.37 Å². The molecule has 6 rings (SSSR count). The van der Waals surface area contributed by atoms with Crippen LogP contribution < -0.4 is 20.9 Å². The van der Waals surface area contributed by atoms with Gasteiger partial charge < -0.3 is 25.0 Å². The van der Waals surface area contributed by atoms with Crippen LogP contribution in [0.3, 0.4) is 0 Å². The molecule has 0 radical (unpaired) electrons. The van der Waals surface area contributed by atoms with Gasteiger partial charge in [0.1, 0.15) is 5.82 Å². The number of pyridine rings is 2. The zero-order valence-corrected chi connectivity index (χ0v) is 19.0. The van der Waals surface area contributed by atoms with Crippen LogP contribution >= 0.6 is 0 Å². The van der Waals surface area contributed by atoms with Gasteiger partial charge in [0.2, 0.25) is 0 Å². The SMILES string of the molecule is O=C1COc2ccc(CNC[C@H]3CN(CC4Cn5c(=O)ccc6ccc(F)c4c65)CC3O)nc2N1. The van der Waals surface area contributed by atoms with Gasteiger partial charge in [0, 0.05) is 62.7 Å². The number of anilines is 1. The first-order chi connectivity index (χ1) is 17.0. The molecule has 1 amide bonds. The van der Waals surface area contributed by atoms with Crippen molar-refractivity contribution in [3.05, 3.63) is 63.8 Å². The summed E-state index contributed by atoms with van der Waals surface area (Å²) in [6.45, 7) is 3.28. The maximum Gasteiger partial charge on any atom is 0.263 e. The number of aliphatic hydroxyl groups is 1. The molecule has 1 saturated heterocycles. The second-order valence-electron chi connectivity index (χ2n) is 9.54. The molecule has 3 atom stereocenters. The predicted octanol–water partition coefficient (Wildman–Crippen LogP) is 1.05. The van der Waals surface area contributed by atoms with Crippen LogP contribution in [-0.2, 0) is 17.9 Å². The second kappa shape index (κ2) is 8.71. The number of β-amino-alcohol motifs (C(OH)–C–C–N with tert-alkyl or cyclic N) is 1. The first-order valence-corrected chi connectivity index (χ1v) is 11.8. The highest BCUT2D eigenvalue weighted by atomic mass is 19.1. The number of amides is 1. The number of fused-ring (bicyclic) bond motifs is 1. The van der Waals surface area contributed by atoms with E-state index in [1.165, 1.54) is 12.1 Å². The maximum atomic E-state index is 14.8. The van der Waals surface area contributed by atoms with Gasteiger partial charge in [-0.15, -0.1) is 0 Å². The molecule has 0 aliphatic carbocycles. The van der Waals surface area contributed by atoms with Gasteiger partial charge in [-0.05, 0) is 35.7 Å². The molecule has 3 N–H and O–H groups in total. The topological polar surface area (TPSA) is 109 Å². The van der Waals surface area contributed by atoms with E-state index < -0.39 is 6.10 Å². The Hall–Kier alpha value is -3.34. The third-order valence-corrected chi connectivity index (χ3v) is 7.15. The van der Waals surface area contributed by atoms with Crippen molar-refractivity contribution in [3.8, 4) is 5.75 Å². The summed E-state index contributed by atoms with van der Waals surface area (Å²) in [5.74, 6) is 0.352. The number of benzene rings is 1. The fourth-order valence-corrected chi connectivity index (χ4v) is 5.52. The first kappa shape index (κ1) is 22.1. The van der Waals surface area contributed by atoms with Gasteiger partial charge in [-0.1, -0.05) is 0 Å². The molecule has 0 spiro atoms. The Morgan fingerprint density at radius 2 is 2.00 bits per heavy atom. The van der Waals surface area contributed by atoms with Gasteiger partial charge >= 0.3 is 0 Å². The number of hydrogen-bond acceptors (Lipinski definition) is 7. The third-order valence-electron chi connectivity index (χ3n) is 7.15. The summed E-state index contributed by atoms with van der Waals surface area (Å²) in [4.78, 5) is 30.5. The predicted molar refractivity (Wildman–Crippen MR) is 127 cm³/mol. The van der Waals surface area contributed by atoms with Crippen LogP contribution in [0, 0.1) is 11.7 Å². The highest BCUT2D eigenvalue weighted by Crippen LogP contribution is 2.36. The molecule has 35 heavy (non-hydrogen) atoms. The van der Waals surface area contributed by atoms with Crippen LogP contribution in [0.25, 0.3) is 10.9 Å². The van der Waals surface area contributed by atoms with Gasteiger partial charge in [-0.2, -0.15) is 0 Å². The van der Waals surface area contributed by atoms with Gasteiger partial charge in [0.25, 0.3) is 11.5 Å². The molecular weight excluding hydrogens is 453 g/mol. The van der Waals surface area contributed by atoms with Crippen LogP contribution in [0.1, 0.15) is 17.2 Å². The van der Waals surface area contributed by atoms with E-state index in [1.807, 2.05) is 6.07 Å². The molecule has 10 heteroatoms. The van der Waals surface area contributed by atoms with E-state index in [1.54, 1.807) is 22.8 Å². The number of halogens is 1. The molecule has 2 aromatic heterocycles. The molecule has 0 bridgehead atoms. The lowest BCUT2D eigenvalue weighted by molar-refractivity contribution is -0.118. The van der Waals surface area contributed by atoms with Crippen LogP contribution in [0.4, 0.5) is 10.2 Å². The number of rotatable bonds is 6. The standard InChI is InChI=1S/C25H26FN5O4/c26-18-4-1-14-2-6-22(34)31-11-16(23(18)24(14)31)10-30-9-15(19(32)12-30)7-27-8-17-3-5-20-25(28-17)29-21(33)13-35-20/h1-6,15-16,19,27,32H,7-13H2,(H,28,29,33)/t15-,16?,19?/m0/s1. The first-order valence-electron chi connectivity index (χ1n) is 11.8. The monoisotopic (exact) mass is 479 g/mol. The van der Waals surface area contributed by atoms with Gasteiger partial charge in [0.15, 0.2) is 18.2 Å². The molecule has 3 aliphatic heterocycles. The smallest absolute Gasteiger partial charge is 0.263 e. The number of carbonyl (C=O) groups is 1. The molecule has 1 aromatic carbocycles. The number of likely N-dealkylation sites (tertiary alicyclic amines) is 1. The zero-order valence-electron chi connectivity index (χ0n) is 19.0. The number of carbonyl (C=O) groups excluding carboxylic acids is 1.